The van der Waals surface area contributed by atoms with Crippen molar-refractivity contribution >= 4 is 0 Å². The second kappa shape index (κ2) is 6.82. The average molecular weight is 342 g/mol. The van der Waals surface area contributed by atoms with Gasteiger partial charge in [-0.15, -0.1) is 0 Å². The summed E-state index contributed by atoms with van der Waals surface area (Å²) in [4.78, 5) is 0. The van der Waals surface area contributed by atoms with Crippen LogP contribution in [0.4, 0.5) is 0 Å². The minimum absolute atomic E-state index is 0.655. The zero-order valence-corrected chi connectivity index (χ0v) is 12.1. The Morgan fingerprint density at radius 2 is 1.35 bits per heavy atom. The molecule has 0 radical (unpaired) electrons. The molecule has 0 aromatic rings. The lowest BCUT2D eigenvalue weighted by Gasteiger charge is -2.34. The predicted octanol–water partition coefficient (Wildman–Crippen LogP) is -5.39. The van der Waals surface area contributed by atoms with E-state index in [1.165, 1.54) is 0 Å². The summed E-state index contributed by atoms with van der Waals surface area (Å²) in [5, 5.41) is 76.7. The number of aliphatic hydroxyl groups excluding tert-OH is 7. The molecule has 136 valence electrons. The van der Waals surface area contributed by atoms with Gasteiger partial charge in [-0.05, 0) is 0 Å². The summed E-state index contributed by atoms with van der Waals surface area (Å²) >= 11 is 0. The first-order valence-corrected chi connectivity index (χ1v) is 7.01. The molecule has 2 heterocycles. The summed E-state index contributed by atoms with van der Waals surface area (Å²) in [5.41, 5.74) is 0. The first kappa shape index (κ1) is 18.9. The maximum absolute atomic E-state index is 10.2. The van der Waals surface area contributed by atoms with E-state index in [0.717, 1.165) is 0 Å². The lowest BCUT2D eigenvalue weighted by atomic mass is 10.0. The second-order valence-corrected chi connectivity index (χ2v) is 5.65. The van der Waals surface area contributed by atoms with Gasteiger partial charge in [-0.25, -0.2) is 0 Å². The van der Waals surface area contributed by atoms with Gasteiger partial charge in [0.05, 0.1) is 13.2 Å². The highest BCUT2D eigenvalue weighted by atomic mass is 16.8. The van der Waals surface area contributed by atoms with E-state index in [1.807, 2.05) is 0 Å². The first-order chi connectivity index (χ1) is 10.7. The van der Waals surface area contributed by atoms with E-state index in [9.17, 15) is 30.6 Å². The van der Waals surface area contributed by atoms with Crippen LogP contribution in [0.1, 0.15) is 0 Å². The van der Waals surface area contributed by atoms with Crippen molar-refractivity contribution in [2.24, 2.45) is 0 Å². The Morgan fingerprint density at radius 3 is 1.78 bits per heavy atom. The number of rotatable bonds is 6. The van der Waals surface area contributed by atoms with Crippen LogP contribution in [0.25, 0.3) is 0 Å². The summed E-state index contributed by atoms with van der Waals surface area (Å²) in [5.74, 6) is -4.59. The van der Waals surface area contributed by atoms with Crippen LogP contribution in [0, 0.1) is 0 Å². The molecule has 2 saturated heterocycles. The largest absolute Gasteiger partial charge is 0.394 e. The highest BCUT2D eigenvalue weighted by Gasteiger charge is 2.59. The summed E-state index contributed by atoms with van der Waals surface area (Å²) in [7, 11) is 0. The van der Waals surface area contributed by atoms with Crippen LogP contribution in [-0.4, -0.2) is 115 Å². The fourth-order valence-electron chi connectivity index (χ4n) is 2.66. The van der Waals surface area contributed by atoms with Gasteiger partial charge in [-0.3, -0.25) is 0 Å². The van der Waals surface area contributed by atoms with Gasteiger partial charge in [-0.2, -0.15) is 0 Å². The second-order valence-electron chi connectivity index (χ2n) is 5.65. The fourth-order valence-corrected chi connectivity index (χ4v) is 2.66. The maximum atomic E-state index is 10.2. The maximum Gasteiger partial charge on any atom is 0.221 e. The Balaban J connectivity index is 2.09. The summed E-state index contributed by atoms with van der Waals surface area (Å²) in [6.07, 6.45) is -9.18. The van der Waals surface area contributed by atoms with Crippen LogP contribution >= 0.6 is 0 Å². The van der Waals surface area contributed by atoms with E-state index in [1.54, 1.807) is 0 Å². The molecule has 23 heavy (non-hydrogen) atoms. The van der Waals surface area contributed by atoms with Crippen molar-refractivity contribution in [3.05, 3.63) is 0 Å². The summed E-state index contributed by atoms with van der Waals surface area (Å²) in [6.45, 7) is -3.11. The van der Waals surface area contributed by atoms with Crippen LogP contribution in [0.3, 0.4) is 0 Å². The highest BCUT2D eigenvalue weighted by Crippen LogP contribution is 2.35. The number of hydrogen-bond acceptors (Lipinski definition) is 11. The topological polar surface area (TPSA) is 190 Å². The van der Waals surface area contributed by atoms with Gasteiger partial charge in [0.15, 0.2) is 0 Å². The van der Waals surface area contributed by atoms with Gasteiger partial charge in [0, 0.05) is 0 Å². The lowest BCUT2D eigenvalue weighted by Crippen LogP contribution is -2.54. The first-order valence-electron chi connectivity index (χ1n) is 7.01. The van der Waals surface area contributed by atoms with Crippen molar-refractivity contribution in [1.29, 1.82) is 0 Å². The summed E-state index contributed by atoms with van der Waals surface area (Å²) < 4.78 is 15.2. The minimum atomic E-state index is -2.43. The standard InChI is InChI=1S/C12H22O11/c13-1-5-7(16)9(18)11(20,22-5)4-21-12(3-15)10(19)8(17)6(2-14)23-12/h5-10,13-20H,1-4H2/t5?,6?,7-,8+,9?,10?,11-,12+/m1/s1. The minimum Gasteiger partial charge on any atom is -0.394 e. The van der Waals surface area contributed by atoms with Crippen LogP contribution in [-0.2, 0) is 14.2 Å². The third-order valence-corrected chi connectivity index (χ3v) is 4.13. The van der Waals surface area contributed by atoms with Crippen LogP contribution in [0.15, 0.2) is 0 Å². The molecule has 2 fully saturated rings. The molecule has 0 aromatic heterocycles. The molecule has 4 unspecified atom stereocenters. The zero-order chi connectivity index (χ0) is 17.4. The smallest absolute Gasteiger partial charge is 0.221 e. The van der Waals surface area contributed by atoms with E-state index < -0.39 is 74.6 Å². The lowest BCUT2D eigenvalue weighted by molar-refractivity contribution is -0.328. The Morgan fingerprint density at radius 1 is 0.826 bits per heavy atom. The zero-order valence-electron chi connectivity index (χ0n) is 12.1. The number of hydrogen-bond donors (Lipinski definition) is 8. The fraction of sp³-hybridized carbons (Fsp3) is 1.00. The molecule has 0 spiro atoms. The van der Waals surface area contributed by atoms with Crippen molar-refractivity contribution in [3.63, 3.8) is 0 Å². The van der Waals surface area contributed by atoms with E-state index in [0.29, 0.717) is 0 Å². The van der Waals surface area contributed by atoms with Gasteiger partial charge in [0.2, 0.25) is 11.6 Å². The molecule has 0 aliphatic carbocycles. The quantitative estimate of drug-likeness (QED) is 0.230. The molecule has 8 atom stereocenters. The summed E-state index contributed by atoms with van der Waals surface area (Å²) in [6, 6.07) is 0. The van der Waals surface area contributed by atoms with Crippen molar-refractivity contribution in [1.82, 2.24) is 0 Å². The molecule has 0 aromatic carbocycles. The normalized spacial score (nSPS) is 50.6. The Hall–Kier alpha value is -0.440. The van der Waals surface area contributed by atoms with Crippen molar-refractivity contribution in [3.8, 4) is 0 Å². The SMILES string of the molecule is OCC1O[C@](O)(CO[C@@]2(CO)OC(CO)[C@H](O)C2O)C(O)[C@@H]1O. The predicted molar refractivity (Wildman–Crippen MR) is 68.7 cm³/mol. The average Bonchev–Trinajstić information content (AvgIpc) is 2.93. The molecular weight excluding hydrogens is 320 g/mol. The third-order valence-electron chi connectivity index (χ3n) is 4.13. The molecule has 8 N–H and O–H groups in total. The molecule has 0 bridgehead atoms. The van der Waals surface area contributed by atoms with Gasteiger partial charge >= 0.3 is 0 Å². The molecule has 2 aliphatic rings. The monoisotopic (exact) mass is 342 g/mol. The molecule has 2 aliphatic heterocycles. The molecule has 2 rings (SSSR count). The van der Waals surface area contributed by atoms with Crippen LogP contribution in [0.2, 0.25) is 0 Å². The van der Waals surface area contributed by atoms with Gasteiger partial charge in [-0.1, -0.05) is 0 Å². The van der Waals surface area contributed by atoms with Crippen LogP contribution in [0.5, 0.6) is 0 Å². The molecular formula is C12H22O11. The van der Waals surface area contributed by atoms with Gasteiger partial charge < -0.3 is 55.1 Å². The van der Waals surface area contributed by atoms with Gasteiger partial charge in [0.25, 0.3) is 0 Å². The number of aliphatic hydroxyl groups is 8. The Labute approximate surface area is 130 Å². The van der Waals surface area contributed by atoms with Crippen molar-refractivity contribution in [2.45, 2.75) is 48.2 Å². The van der Waals surface area contributed by atoms with Gasteiger partial charge in [0.1, 0.15) is 49.8 Å². The van der Waals surface area contributed by atoms with Crippen LogP contribution < -0.4 is 0 Å². The van der Waals surface area contributed by atoms with Crippen molar-refractivity contribution < 1.29 is 55.1 Å². The molecule has 11 heteroatoms. The molecule has 11 nitrogen and oxygen atoms in total. The Bertz CT molecular complexity index is 408. The van der Waals surface area contributed by atoms with E-state index in [2.05, 4.69) is 0 Å². The molecule has 0 saturated carbocycles. The van der Waals surface area contributed by atoms with E-state index in [4.69, 9.17) is 24.4 Å². The number of ether oxygens (including phenoxy) is 3. The molecule has 0 amide bonds. The van der Waals surface area contributed by atoms with E-state index >= 15 is 0 Å². The Kier molecular flexibility index (Phi) is 5.60. The van der Waals surface area contributed by atoms with E-state index in [-0.39, 0.29) is 0 Å². The highest BCUT2D eigenvalue weighted by molar-refractivity contribution is 4.99. The van der Waals surface area contributed by atoms with Crippen molar-refractivity contribution in [2.75, 3.05) is 26.4 Å². The third kappa shape index (κ3) is 3.10.